The first-order valence-corrected chi connectivity index (χ1v) is 29.2. The molecule has 14 nitrogen and oxygen atoms in total. The van der Waals surface area contributed by atoms with Crippen LogP contribution in [0, 0.1) is 23.7 Å². The van der Waals surface area contributed by atoms with E-state index in [0.29, 0.717) is 131 Å². The maximum atomic E-state index is 14.0. The van der Waals surface area contributed by atoms with E-state index >= 15 is 0 Å². The Balaban J connectivity index is 0.898. The lowest BCUT2D eigenvalue weighted by atomic mass is 9.82. The minimum atomic E-state index is -0.409. The van der Waals surface area contributed by atoms with Crippen LogP contribution in [-0.2, 0) is 44.7 Å². The average Bonchev–Trinajstić information content (AvgIpc) is 3.75. The van der Waals surface area contributed by atoms with Crippen LogP contribution in [0.2, 0.25) is 0 Å². The second-order valence-corrected chi connectivity index (χ2v) is 21.7. The number of rotatable bonds is 28. The van der Waals surface area contributed by atoms with Gasteiger partial charge in [0.05, 0.1) is 50.1 Å². The summed E-state index contributed by atoms with van der Waals surface area (Å²) in [5.74, 6) is -0.418. The number of carbonyl (C=O) groups excluding carboxylic acids is 6. The molecule has 14 heteroatoms. The summed E-state index contributed by atoms with van der Waals surface area (Å²) in [5.41, 5.74) is 5.15. The number of fused-ring (bicyclic) bond motifs is 1. The van der Waals surface area contributed by atoms with Gasteiger partial charge in [0, 0.05) is 29.2 Å². The van der Waals surface area contributed by atoms with Gasteiger partial charge in [0.1, 0.15) is 34.5 Å². The summed E-state index contributed by atoms with van der Waals surface area (Å²) >= 11 is 0. The Labute approximate surface area is 477 Å². The molecule has 1 atom stereocenters. The molecule has 0 aromatic heterocycles. The number of benzene rings is 4. The molecule has 4 aromatic carbocycles. The minimum absolute atomic E-state index is 0.192. The third kappa shape index (κ3) is 18.8. The Morgan fingerprint density at radius 3 is 1.27 bits per heavy atom. The lowest BCUT2D eigenvalue weighted by molar-refractivity contribution is -0.145. The van der Waals surface area contributed by atoms with Gasteiger partial charge in [-0.25, -0.2) is 9.59 Å². The fourth-order valence-electron chi connectivity index (χ4n) is 10.7. The molecule has 0 radical (unpaired) electrons. The van der Waals surface area contributed by atoms with E-state index in [-0.39, 0.29) is 41.6 Å². The summed E-state index contributed by atoms with van der Waals surface area (Å²) < 4.78 is 45.9. The fraction of sp³-hybridized carbons (Fsp3) is 0.463. The van der Waals surface area contributed by atoms with Crippen molar-refractivity contribution in [3.63, 3.8) is 0 Å². The number of carbonyl (C=O) groups is 6. The summed E-state index contributed by atoms with van der Waals surface area (Å²) in [6.45, 7) is 15.0. The van der Waals surface area contributed by atoms with Crippen LogP contribution in [0.5, 0.6) is 34.5 Å². The molecular weight excluding hydrogens is 1030 g/mol. The molecule has 81 heavy (non-hydrogen) atoms. The first-order valence-electron chi connectivity index (χ1n) is 29.2. The molecule has 0 saturated heterocycles. The predicted octanol–water partition coefficient (Wildman–Crippen LogP) is 13.9. The van der Waals surface area contributed by atoms with Gasteiger partial charge in [0.25, 0.3) is 0 Å². The lowest BCUT2D eigenvalue weighted by Gasteiger charge is -2.27. The third-order valence-corrected chi connectivity index (χ3v) is 15.5. The zero-order valence-electron chi connectivity index (χ0n) is 47.5. The molecule has 2 saturated carbocycles. The molecule has 0 N–H and O–H groups in total. The molecule has 0 heterocycles. The molecule has 3 aliphatic rings. The summed E-state index contributed by atoms with van der Waals surface area (Å²) in [6, 6.07) is 26.1. The maximum Gasteiger partial charge on any atom is 0.330 e. The van der Waals surface area contributed by atoms with Gasteiger partial charge in [-0.2, -0.15) is 0 Å². The summed E-state index contributed by atoms with van der Waals surface area (Å²) in [6.07, 6.45) is 16.6. The van der Waals surface area contributed by atoms with Crippen molar-refractivity contribution >= 4 is 41.4 Å². The molecule has 432 valence electrons. The SMILES string of the molecule is C=CC(=O)OCCCCCCOc1ccc(OC(=O)C2CCC(C(=O)Oc3ccc(OC(=O)C4CCC(C(=O)Oc5ccc(OCCCCCCOC(=O)C=C)cc5)CC4)c4c3CCC(c3ccc(C(C)C)cc3)=CC4C)CC2)cc1. The van der Waals surface area contributed by atoms with Crippen molar-refractivity contribution < 1.29 is 66.7 Å². The number of esters is 6. The fourth-order valence-corrected chi connectivity index (χ4v) is 10.7. The van der Waals surface area contributed by atoms with E-state index in [9.17, 15) is 28.8 Å². The standard InChI is InChI=1S/C67H80O14/c1-6-61(68)76-42-14-10-8-12-40-74-54-29-33-56(34-30-54)78-64(70)49-20-24-51(25-21-49)66(72)80-59-38-39-60(63-46(5)44-53(28-37-58(59)63)48-18-16-47(17-19-48)45(3)4)81-67(73)52-26-22-50(23-27-52)65(71)79-57-35-31-55(32-36-57)75-41-13-9-11-15-43-77-62(69)7-2/h6-7,16-19,29-36,38-39,44-46,49-52H,1-2,8-15,20-28,37,40-43H2,3-5H3. The van der Waals surface area contributed by atoms with Crippen LogP contribution in [0.25, 0.3) is 5.57 Å². The van der Waals surface area contributed by atoms with E-state index < -0.39 is 23.8 Å². The molecule has 7 rings (SSSR count). The zero-order valence-corrected chi connectivity index (χ0v) is 47.5. The van der Waals surface area contributed by atoms with Gasteiger partial charge in [-0.15, -0.1) is 0 Å². The second kappa shape index (κ2) is 31.5. The van der Waals surface area contributed by atoms with Gasteiger partial charge >= 0.3 is 35.8 Å². The Bertz CT molecular complexity index is 2780. The largest absolute Gasteiger partial charge is 0.494 e. The van der Waals surface area contributed by atoms with E-state index in [0.717, 1.165) is 85.8 Å². The molecule has 0 spiro atoms. The number of unbranched alkanes of at least 4 members (excludes halogenated alkanes) is 6. The maximum absolute atomic E-state index is 14.0. The van der Waals surface area contributed by atoms with Crippen LogP contribution in [-0.4, -0.2) is 62.2 Å². The number of ether oxygens (including phenoxy) is 8. The highest BCUT2D eigenvalue weighted by molar-refractivity contribution is 5.82. The Kier molecular flexibility index (Phi) is 23.8. The molecule has 1 unspecified atom stereocenters. The van der Waals surface area contributed by atoms with Crippen molar-refractivity contribution in [2.24, 2.45) is 23.7 Å². The lowest BCUT2D eigenvalue weighted by Crippen LogP contribution is -2.31. The van der Waals surface area contributed by atoms with Crippen molar-refractivity contribution in [2.75, 3.05) is 26.4 Å². The summed E-state index contributed by atoms with van der Waals surface area (Å²) in [4.78, 5) is 77.0. The van der Waals surface area contributed by atoms with Gasteiger partial charge in [-0.3, -0.25) is 19.2 Å². The van der Waals surface area contributed by atoms with E-state index in [2.05, 4.69) is 64.3 Å². The third-order valence-electron chi connectivity index (χ3n) is 15.5. The van der Waals surface area contributed by atoms with Crippen molar-refractivity contribution in [3.05, 3.63) is 139 Å². The number of hydrogen-bond donors (Lipinski definition) is 0. The van der Waals surface area contributed by atoms with E-state index in [1.54, 1.807) is 60.7 Å². The van der Waals surface area contributed by atoms with Crippen LogP contribution >= 0.6 is 0 Å². The van der Waals surface area contributed by atoms with Gasteiger partial charge in [0.15, 0.2) is 0 Å². The minimum Gasteiger partial charge on any atom is -0.494 e. The topological polar surface area (TPSA) is 176 Å². The number of hydrogen-bond acceptors (Lipinski definition) is 14. The smallest absolute Gasteiger partial charge is 0.330 e. The van der Waals surface area contributed by atoms with E-state index in [1.807, 2.05) is 0 Å². The van der Waals surface area contributed by atoms with Crippen molar-refractivity contribution in [1.82, 2.24) is 0 Å². The van der Waals surface area contributed by atoms with Gasteiger partial charge in [-0.1, -0.05) is 64.3 Å². The van der Waals surface area contributed by atoms with Crippen LogP contribution in [0.15, 0.2) is 116 Å². The van der Waals surface area contributed by atoms with Crippen LogP contribution in [0.3, 0.4) is 0 Å². The van der Waals surface area contributed by atoms with Crippen LogP contribution < -0.4 is 28.4 Å². The highest BCUT2D eigenvalue weighted by Crippen LogP contribution is 2.44. The van der Waals surface area contributed by atoms with Crippen LogP contribution in [0.4, 0.5) is 0 Å². The zero-order chi connectivity index (χ0) is 57.5. The Hall–Kier alpha value is -7.48. The van der Waals surface area contributed by atoms with E-state index in [1.165, 1.54) is 5.56 Å². The first kappa shape index (κ1) is 61.1. The molecule has 0 bridgehead atoms. The monoisotopic (exact) mass is 1110 g/mol. The quantitative estimate of drug-likeness (QED) is 0.0227. The van der Waals surface area contributed by atoms with Gasteiger partial charge < -0.3 is 37.9 Å². The first-order chi connectivity index (χ1) is 39.3. The van der Waals surface area contributed by atoms with E-state index in [4.69, 9.17) is 37.9 Å². The molecule has 2 fully saturated rings. The van der Waals surface area contributed by atoms with Crippen molar-refractivity contribution in [2.45, 2.75) is 148 Å². The number of allylic oxidation sites excluding steroid dienone is 2. The summed E-state index contributed by atoms with van der Waals surface area (Å²) in [5, 5.41) is 0. The molecule has 3 aliphatic carbocycles. The van der Waals surface area contributed by atoms with Gasteiger partial charge in [-0.05, 0) is 199 Å². The Morgan fingerprint density at radius 2 is 0.852 bits per heavy atom. The summed E-state index contributed by atoms with van der Waals surface area (Å²) in [7, 11) is 0. The van der Waals surface area contributed by atoms with Gasteiger partial charge in [0.2, 0.25) is 0 Å². The molecule has 4 aromatic rings. The van der Waals surface area contributed by atoms with Crippen LogP contribution in [0.1, 0.15) is 164 Å². The van der Waals surface area contributed by atoms with Crippen molar-refractivity contribution in [1.29, 1.82) is 0 Å². The van der Waals surface area contributed by atoms with Crippen molar-refractivity contribution in [3.8, 4) is 34.5 Å². The predicted molar refractivity (Wildman–Crippen MR) is 308 cm³/mol. The normalized spacial score (nSPS) is 18.6. The average molecular weight is 1110 g/mol. The highest BCUT2D eigenvalue weighted by Gasteiger charge is 2.36. The highest BCUT2D eigenvalue weighted by atomic mass is 16.6. The second-order valence-electron chi connectivity index (χ2n) is 21.7. The molecule has 0 amide bonds. The molecular formula is C67H80O14. The molecule has 0 aliphatic heterocycles. The Morgan fingerprint density at radius 1 is 0.469 bits per heavy atom.